The maximum atomic E-state index is 11.8. The van der Waals surface area contributed by atoms with Gasteiger partial charge >= 0.3 is 0 Å². The van der Waals surface area contributed by atoms with Crippen LogP contribution in [0.4, 0.5) is 0 Å². The van der Waals surface area contributed by atoms with E-state index in [9.17, 15) is 14.7 Å². The number of amides is 1. The van der Waals surface area contributed by atoms with Gasteiger partial charge in [0, 0.05) is 31.2 Å². The Kier molecular flexibility index (Phi) is 5.16. The first-order chi connectivity index (χ1) is 10.5. The molecule has 2 rings (SSSR count). The molecule has 1 amide bonds. The van der Waals surface area contributed by atoms with Gasteiger partial charge in [0.25, 0.3) is 0 Å². The number of aryl methyl sites for hydroxylation is 1. The molecule has 0 aliphatic rings. The van der Waals surface area contributed by atoms with Crippen LogP contribution in [0.3, 0.4) is 0 Å². The Morgan fingerprint density at radius 1 is 1.41 bits per heavy atom. The molecule has 0 saturated carbocycles. The van der Waals surface area contributed by atoms with Crippen molar-refractivity contribution in [1.29, 1.82) is 0 Å². The number of hydrogen-bond donors (Lipinski definition) is 2. The third-order valence-corrected chi connectivity index (χ3v) is 3.98. The van der Waals surface area contributed by atoms with Crippen molar-refractivity contribution >= 4 is 17.7 Å². The van der Waals surface area contributed by atoms with Gasteiger partial charge in [-0.1, -0.05) is 11.8 Å². The predicted molar refractivity (Wildman–Crippen MR) is 82.7 cm³/mol. The van der Waals surface area contributed by atoms with Crippen molar-refractivity contribution in [1.82, 2.24) is 19.9 Å². The highest BCUT2D eigenvalue weighted by Crippen LogP contribution is 2.13. The van der Waals surface area contributed by atoms with Crippen LogP contribution in [-0.4, -0.2) is 31.3 Å². The van der Waals surface area contributed by atoms with E-state index in [1.807, 2.05) is 0 Å². The molecule has 0 radical (unpaired) electrons. The smallest absolute Gasteiger partial charge is 0.230 e. The Bertz CT molecular complexity index is 731. The van der Waals surface area contributed by atoms with Crippen LogP contribution in [0.25, 0.3) is 0 Å². The van der Waals surface area contributed by atoms with Crippen molar-refractivity contribution in [2.75, 3.05) is 5.75 Å². The molecule has 7 nitrogen and oxygen atoms in total. The highest BCUT2D eigenvalue weighted by atomic mass is 32.2. The van der Waals surface area contributed by atoms with Gasteiger partial charge in [0.2, 0.25) is 11.3 Å². The van der Waals surface area contributed by atoms with E-state index in [1.54, 1.807) is 37.0 Å². The Morgan fingerprint density at radius 2 is 2.09 bits per heavy atom. The van der Waals surface area contributed by atoms with Crippen LogP contribution < -0.4 is 10.7 Å². The molecule has 0 unspecified atom stereocenters. The van der Waals surface area contributed by atoms with Crippen LogP contribution in [0.2, 0.25) is 0 Å². The lowest BCUT2D eigenvalue weighted by Gasteiger charge is -2.14. The number of rotatable bonds is 5. The predicted octanol–water partition coefficient (Wildman–Crippen LogP) is 0.598. The fourth-order valence-corrected chi connectivity index (χ4v) is 2.43. The van der Waals surface area contributed by atoms with E-state index in [2.05, 4.69) is 15.3 Å². The largest absolute Gasteiger partial charge is 0.503 e. The zero-order valence-electron chi connectivity index (χ0n) is 12.2. The van der Waals surface area contributed by atoms with E-state index >= 15 is 0 Å². The minimum Gasteiger partial charge on any atom is -0.503 e. The first kappa shape index (κ1) is 16.0. The maximum absolute atomic E-state index is 11.8. The molecule has 0 aliphatic carbocycles. The van der Waals surface area contributed by atoms with Gasteiger partial charge in [-0.2, -0.15) is 0 Å². The van der Waals surface area contributed by atoms with Crippen LogP contribution in [0.15, 0.2) is 34.5 Å². The fraction of sp³-hybridized carbons (Fsp3) is 0.286. The molecule has 8 heteroatoms. The summed E-state index contributed by atoms with van der Waals surface area (Å²) in [6.07, 6.45) is 3.21. The van der Waals surface area contributed by atoms with Crippen molar-refractivity contribution in [3.63, 3.8) is 0 Å². The monoisotopic (exact) mass is 320 g/mol. The number of aromatic nitrogens is 3. The maximum Gasteiger partial charge on any atom is 0.230 e. The van der Waals surface area contributed by atoms with E-state index in [4.69, 9.17) is 0 Å². The minimum absolute atomic E-state index is 0.0777. The molecule has 0 atom stereocenters. The SMILES string of the molecule is Cc1cc(=O)c(O)c(CNC(=O)CSc2ncccn2)n1C. The van der Waals surface area contributed by atoms with Gasteiger partial charge in [0.05, 0.1) is 18.0 Å². The van der Waals surface area contributed by atoms with Crippen LogP contribution in [-0.2, 0) is 18.4 Å². The molecular formula is C14H16N4O3S. The summed E-state index contributed by atoms with van der Waals surface area (Å²) in [6.45, 7) is 1.84. The fourth-order valence-electron chi connectivity index (χ4n) is 1.79. The van der Waals surface area contributed by atoms with E-state index < -0.39 is 5.43 Å². The summed E-state index contributed by atoms with van der Waals surface area (Å²) in [5, 5.41) is 13.0. The normalized spacial score (nSPS) is 10.5. The number of nitrogens with zero attached hydrogens (tertiary/aromatic N) is 3. The molecule has 0 fully saturated rings. The van der Waals surface area contributed by atoms with E-state index in [0.717, 1.165) is 0 Å². The summed E-state index contributed by atoms with van der Waals surface area (Å²) in [5.74, 6) is -0.414. The molecule has 22 heavy (non-hydrogen) atoms. The van der Waals surface area contributed by atoms with Crippen molar-refractivity contribution in [3.05, 3.63) is 46.1 Å². The van der Waals surface area contributed by atoms with Crippen molar-refractivity contribution in [2.45, 2.75) is 18.6 Å². The summed E-state index contributed by atoms with van der Waals surface area (Å²) >= 11 is 1.21. The molecule has 0 saturated heterocycles. The molecule has 0 aromatic carbocycles. The Labute approximate surface area is 131 Å². The lowest BCUT2D eigenvalue weighted by molar-refractivity contribution is -0.118. The Morgan fingerprint density at radius 3 is 2.77 bits per heavy atom. The lowest BCUT2D eigenvalue weighted by Crippen LogP contribution is -2.27. The van der Waals surface area contributed by atoms with Gasteiger partial charge in [0.1, 0.15) is 0 Å². The first-order valence-corrected chi connectivity index (χ1v) is 7.52. The number of nitrogens with one attached hydrogen (secondary N) is 1. The minimum atomic E-state index is -0.452. The summed E-state index contributed by atoms with van der Waals surface area (Å²) in [6, 6.07) is 3.05. The first-order valence-electron chi connectivity index (χ1n) is 6.54. The second kappa shape index (κ2) is 7.08. The van der Waals surface area contributed by atoms with Crippen LogP contribution in [0.5, 0.6) is 5.75 Å². The lowest BCUT2D eigenvalue weighted by atomic mass is 10.2. The summed E-state index contributed by atoms with van der Waals surface area (Å²) in [4.78, 5) is 31.4. The number of aromatic hydroxyl groups is 1. The Balaban J connectivity index is 1.96. The third kappa shape index (κ3) is 3.85. The molecule has 2 aromatic rings. The standard InChI is InChI=1S/C14H16N4O3S/c1-9-6-11(19)13(21)10(18(9)2)7-17-12(20)8-22-14-15-4-3-5-16-14/h3-6,21H,7-8H2,1-2H3,(H,17,20). The van der Waals surface area contributed by atoms with Crippen molar-refractivity contribution < 1.29 is 9.90 Å². The molecule has 2 aromatic heterocycles. The molecular weight excluding hydrogens is 304 g/mol. The number of pyridine rings is 1. The van der Waals surface area contributed by atoms with Gasteiger partial charge in [-0.25, -0.2) is 9.97 Å². The van der Waals surface area contributed by atoms with E-state index in [1.165, 1.54) is 17.8 Å². The van der Waals surface area contributed by atoms with Crippen LogP contribution in [0, 0.1) is 6.92 Å². The molecule has 0 spiro atoms. The number of carbonyl (C=O) groups excluding carboxylic acids is 1. The highest BCUT2D eigenvalue weighted by Gasteiger charge is 2.12. The van der Waals surface area contributed by atoms with Gasteiger partial charge < -0.3 is 15.0 Å². The third-order valence-electron chi connectivity index (χ3n) is 3.11. The summed E-state index contributed by atoms with van der Waals surface area (Å²) < 4.78 is 1.67. The van der Waals surface area contributed by atoms with Gasteiger partial charge in [-0.15, -0.1) is 0 Å². The van der Waals surface area contributed by atoms with Gasteiger partial charge in [0.15, 0.2) is 10.9 Å². The second-order valence-corrected chi connectivity index (χ2v) is 5.54. The average molecular weight is 320 g/mol. The molecule has 0 bridgehead atoms. The number of carbonyl (C=O) groups is 1. The molecule has 0 aliphatic heterocycles. The van der Waals surface area contributed by atoms with E-state index in [0.29, 0.717) is 16.5 Å². The average Bonchev–Trinajstić information content (AvgIpc) is 2.52. The number of hydrogen-bond acceptors (Lipinski definition) is 6. The van der Waals surface area contributed by atoms with Crippen molar-refractivity contribution in [3.8, 4) is 5.75 Å². The summed E-state index contributed by atoms with van der Waals surface area (Å²) in [5.41, 5.74) is 0.630. The van der Waals surface area contributed by atoms with E-state index in [-0.39, 0.29) is 24.0 Å². The van der Waals surface area contributed by atoms with Crippen LogP contribution >= 0.6 is 11.8 Å². The van der Waals surface area contributed by atoms with Crippen molar-refractivity contribution in [2.24, 2.45) is 7.05 Å². The Hall–Kier alpha value is -2.35. The molecule has 116 valence electrons. The van der Waals surface area contributed by atoms with Crippen LogP contribution in [0.1, 0.15) is 11.4 Å². The topological polar surface area (TPSA) is 97.1 Å². The molecule has 2 heterocycles. The zero-order chi connectivity index (χ0) is 16.1. The molecule has 2 N–H and O–H groups in total. The zero-order valence-corrected chi connectivity index (χ0v) is 13.1. The highest BCUT2D eigenvalue weighted by molar-refractivity contribution is 7.99. The number of thioether (sulfide) groups is 1. The second-order valence-electron chi connectivity index (χ2n) is 4.60. The quantitative estimate of drug-likeness (QED) is 0.618. The summed E-state index contributed by atoms with van der Waals surface area (Å²) in [7, 11) is 1.72. The van der Waals surface area contributed by atoms with Gasteiger partial charge in [-0.05, 0) is 13.0 Å². The van der Waals surface area contributed by atoms with Gasteiger partial charge in [-0.3, -0.25) is 9.59 Å².